The van der Waals surface area contributed by atoms with Crippen LogP contribution in [0.1, 0.15) is 28.8 Å². The number of amides is 2. The maximum atomic E-state index is 13.0. The van der Waals surface area contributed by atoms with Crippen molar-refractivity contribution < 1.29 is 18.0 Å². The number of nitrogens with zero attached hydrogens (tertiary/aromatic N) is 1. The van der Waals surface area contributed by atoms with Crippen LogP contribution in [0.3, 0.4) is 0 Å². The lowest BCUT2D eigenvalue weighted by Crippen LogP contribution is -2.53. The molecule has 0 aliphatic carbocycles. The number of carbonyl (C=O) groups is 2. The van der Waals surface area contributed by atoms with Gasteiger partial charge < -0.3 is 10.6 Å². The highest BCUT2D eigenvalue weighted by Gasteiger charge is 2.36. The summed E-state index contributed by atoms with van der Waals surface area (Å²) >= 11 is 0. The normalized spacial score (nSPS) is 16.2. The molecule has 7 nitrogen and oxygen atoms in total. The van der Waals surface area contributed by atoms with Gasteiger partial charge in [-0.1, -0.05) is 42.0 Å². The number of nitrogens with one attached hydrogen (secondary N) is 2. The minimum Gasteiger partial charge on any atom is -0.351 e. The molecule has 0 radical (unpaired) electrons. The highest BCUT2D eigenvalue weighted by Crippen LogP contribution is 2.26. The van der Waals surface area contributed by atoms with Gasteiger partial charge in [-0.25, -0.2) is 8.42 Å². The average molecular weight is 456 g/mol. The van der Waals surface area contributed by atoms with Crippen molar-refractivity contribution in [1.82, 2.24) is 14.9 Å². The number of rotatable bonds is 8. The van der Waals surface area contributed by atoms with Gasteiger partial charge in [-0.15, -0.1) is 6.58 Å². The van der Waals surface area contributed by atoms with Crippen molar-refractivity contribution in [2.24, 2.45) is 5.92 Å². The molecule has 32 heavy (non-hydrogen) atoms. The molecule has 1 aliphatic rings. The highest BCUT2D eigenvalue weighted by atomic mass is 32.2. The van der Waals surface area contributed by atoms with Gasteiger partial charge >= 0.3 is 0 Å². The molecule has 1 saturated heterocycles. The van der Waals surface area contributed by atoms with Crippen LogP contribution in [0, 0.1) is 12.8 Å². The van der Waals surface area contributed by atoms with E-state index in [0.717, 1.165) is 5.56 Å². The molecular weight excluding hydrogens is 426 g/mol. The fourth-order valence-electron chi connectivity index (χ4n) is 3.80. The van der Waals surface area contributed by atoms with Crippen molar-refractivity contribution in [3.8, 4) is 0 Å². The van der Waals surface area contributed by atoms with Gasteiger partial charge in [0.1, 0.15) is 6.04 Å². The summed E-state index contributed by atoms with van der Waals surface area (Å²) < 4.78 is 27.4. The lowest BCUT2D eigenvalue weighted by Gasteiger charge is -2.35. The minimum atomic E-state index is -3.60. The fraction of sp³-hybridized carbons (Fsp3) is 0.333. The van der Waals surface area contributed by atoms with Gasteiger partial charge in [-0.2, -0.15) is 4.31 Å². The number of sulfonamides is 1. The topological polar surface area (TPSA) is 95.6 Å². The Kier molecular flexibility index (Phi) is 7.82. The van der Waals surface area contributed by atoms with Crippen LogP contribution < -0.4 is 10.6 Å². The second-order valence-corrected chi connectivity index (χ2v) is 9.84. The van der Waals surface area contributed by atoms with Crippen LogP contribution >= 0.6 is 0 Å². The van der Waals surface area contributed by atoms with E-state index in [1.54, 1.807) is 54.6 Å². The molecule has 1 fully saturated rings. The zero-order valence-corrected chi connectivity index (χ0v) is 19.0. The molecule has 8 heteroatoms. The molecule has 0 unspecified atom stereocenters. The molecule has 2 N–H and O–H groups in total. The van der Waals surface area contributed by atoms with E-state index in [-0.39, 0.29) is 42.3 Å². The first kappa shape index (κ1) is 23.7. The molecule has 3 rings (SSSR count). The predicted molar refractivity (Wildman–Crippen MR) is 124 cm³/mol. The largest absolute Gasteiger partial charge is 0.351 e. The molecule has 0 bridgehead atoms. The number of hydrogen-bond donors (Lipinski definition) is 2. The maximum Gasteiger partial charge on any atom is 0.251 e. The van der Waals surface area contributed by atoms with Crippen LogP contribution in [0.5, 0.6) is 0 Å². The van der Waals surface area contributed by atoms with Crippen LogP contribution in [0.15, 0.2) is 72.1 Å². The van der Waals surface area contributed by atoms with Crippen molar-refractivity contribution in [3.63, 3.8) is 0 Å². The number of hydrogen-bond acceptors (Lipinski definition) is 4. The van der Waals surface area contributed by atoms with Crippen molar-refractivity contribution in [3.05, 3.63) is 78.4 Å². The first-order chi connectivity index (χ1) is 15.3. The first-order valence-corrected chi connectivity index (χ1v) is 12.1. The van der Waals surface area contributed by atoms with Crippen LogP contribution in [-0.2, 0) is 14.8 Å². The van der Waals surface area contributed by atoms with Crippen LogP contribution in [0.2, 0.25) is 0 Å². The van der Waals surface area contributed by atoms with E-state index in [1.807, 2.05) is 13.0 Å². The lowest BCUT2D eigenvalue weighted by molar-refractivity contribution is -0.124. The van der Waals surface area contributed by atoms with Gasteiger partial charge in [-0.05, 0) is 49.9 Å². The Balaban J connectivity index is 1.71. The van der Waals surface area contributed by atoms with Crippen molar-refractivity contribution in [2.75, 3.05) is 19.6 Å². The van der Waals surface area contributed by atoms with E-state index < -0.39 is 16.1 Å². The van der Waals surface area contributed by atoms with E-state index in [2.05, 4.69) is 17.2 Å². The lowest BCUT2D eigenvalue weighted by atomic mass is 9.89. The van der Waals surface area contributed by atoms with E-state index in [9.17, 15) is 18.0 Å². The summed E-state index contributed by atoms with van der Waals surface area (Å²) in [5, 5.41) is 5.61. The van der Waals surface area contributed by atoms with Gasteiger partial charge in [0.15, 0.2) is 0 Å². The maximum absolute atomic E-state index is 13.0. The Labute approximate surface area is 189 Å². The molecule has 170 valence electrons. The molecule has 2 aromatic carbocycles. The van der Waals surface area contributed by atoms with Crippen molar-refractivity contribution >= 4 is 21.8 Å². The molecule has 0 aromatic heterocycles. The molecule has 2 aromatic rings. The Bertz CT molecular complexity index is 1040. The Morgan fingerprint density at radius 2 is 1.72 bits per heavy atom. The van der Waals surface area contributed by atoms with Gasteiger partial charge in [0, 0.05) is 25.2 Å². The third-order valence-corrected chi connectivity index (χ3v) is 7.57. The van der Waals surface area contributed by atoms with Gasteiger partial charge in [-0.3, -0.25) is 9.59 Å². The monoisotopic (exact) mass is 455 g/mol. The Morgan fingerprint density at radius 3 is 2.31 bits per heavy atom. The summed E-state index contributed by atoms with van der Waals surface area (Å²) in [6, 6.07) is 14.7. The number of aryl methyl sites for hydroxylation is 1. The summed E-state index contributed by atoms with van der Waals surface area (Å²) in [7, 11) is -3.60. The summed E-state index contributed by atoms with van der Waals surface area (Å²) in [5.74, 6) is -0.815. The SMILES string of the molecule is C=CCNC(=O)[C@H](NC(=O)c1ccccc1)C1CCN(S(=O)(=O)c2ccc(C)cc2)CC1. The summed E-state index contributed by atoms with van der Waals surface area (Å²) in [6.07, 6.45) is 2.50. The standard InChI is InChI=1S/C24H29N3O4S/c1-3-15-25-24(29)22(26-23(28)20-7-5-4-6-8-20)19-13-16-27(17-14-19)32(30,31)21-11-9-18(2)10-12-21/h3-12,19,22H,1,13-17H2,2H3,(H,25,29)(H,26,28)/t22-/m1/s1. The Morgan fingerprint density at radius 1 is 1.09 bits per heavy atom. The molecule has 2 amide bonds. The van der Waals surface area contributed by atoms with Crippen molar-refractivity contribution in [2.45, 2.75) is 30.7 Å². The van der Waals surface area contributed by atoms with E-state index in [4.69, 9.17) is 0 Å². The molecule has 1 heterocycles. The molecular formula is C24H29N3O4S. The van der Waals surface area contributed by atoms with Crippen LogP contribution in [0.4, 0.5) is 0 Å². The molecule has 1 aliphatic heterocycles. The minimum absolute atomic E-state index is 0.183. The summed E-state index contributed by atoms with van der Waals surface area (Å²) in [5.41, 5.74) is 1.46. The third-order valence-electron chi connectivity index (χ3n) is 5.65. The second kappa shape index (κ2) is 10.6. The summed E-state index contributed by atoms with van der Waals surface area (Å²) in [4.78, 5) is 25.8. The van der Waals surface area contributed by atoms with Crippen molar-refractivity contribution in [1.29, 1.82) is 0 Å². The summed E-state index contributed by atoms with van der Waals surface area (Å²) in [6.45, 7) is 6.37. The second-order valence-electron chi connectivity index (χ2n) is 7.91. The van der Waals surface area contributed by atoms with E-state index in [0.29, 0.717) is 18.4 Å². The first-order valence-electron chi connectivity index (χ1n) is 10.6. The van der Waals surface area contributed by atoms with Gasteiger partial charge in [0.05, 0.1) is 4.90 Å². The Hall–Kier alpha value is -2.97. The van der Waals surface area contributed by atoms with Crippen LogP contribution in [-0.4, -0.2) is 50.2 Å². The molecule has 0 saturated carbocycles. The highest BCUT2D eigenvalue weighted by molar-refractivity contribution is 7.89. The smallest absolute Gasteiger partial charge is 0.251 e. The molecule has 1 atom stereocenters. The van der Waals surface area contributed by atoms with E-state index >= 15 is 0 Å². The molecule has 0 spiro atoms. The predicted octanol–water partition coefficient (Wildman–Crippen LogP) is 2.50. The quantitative estimate of drug-likeness (QED) is 0.598. The van der Waals surface area contributed by atoms with E-state index in [1.165, 1.54) is 4.31 Å². The average Bonchev–Trinajstić information content (AvgIpc) is 2.81. The third kappa shape index (κ3) is 5.63. The number of carbonyl (C=O) groups excluding carboxylic acids is 2. The zero-order valence-electron chi connectivity index (χ0n) is 18.2. The number of benzene rings is 2. The zero-order chi connectivity index (χ0) is 23.1. The number of piperidine rings is 1. The van der Waals surface area contributed by atoms with Gasteiger partial charge in [0.2, 0.25) is 15.9 Å². The fourth-order valence-corrected chi connectivity index (χ4v) is 5.27. The van der Waals surface area contributed by atoms with Gasteiger partial charge in [0.25, 0.3) is 5.91 Å². The van der Waals surface area contributed by atoms with Crippen LogP contribution in [0.25, 0.3) is 0 Å².